The monoisotopic (exact) mass is 309 g/mol. The fourth-order valence-electron chi connectivity index (χ4n) is 3.10. The van der Waals surface area contributed by atoms with Crippen LogP contribution in [0.25, 0.3) is 0 Å². The lowest BCUT2D eigenvalue weighted by Crippen LogP contribution is -2.27. The third-order valence-electron chi connectivity index (χ3n) is 4.29. The van der Waals surface area contributed by atoms with Crippen molar-refractivity contribution in [1.29, 1.82) is 5.26 Å². The van der Waals surface area contributed by atoms with Crippen LogP contribution in [-0.4, -0.2) is 28.0 Å². The van der Waals surface area contributed by atoms with Crippen LogP contribution in [0.15, 0.2) is 10.9 Å². The molecule has 2 aromatic heterocycles. The van der Waals surface area contributed by atoms with E-state index >= 15 is 0 Å². The van der Waals surface area contributed by atoms with Gasteiger partial charge in [-0.05, 0) is 38.8 Å². The summed E-state index contributed by atoms with van der Waals surface area (Å²) >= 11 is 0. The Bertz CT molecular complexity index is 839. The number of fused-ring (bicyclic) bond motifs is 1. The first-order chi connectivity index (χ1) is 11.0. The summed E-state index contributed by atoms with van der Waals surface area (Å²) in [5, 5.41) is 9.17. The summed E-state index contributed by atoms with van der Waals surface area (Å²) in [6, 6.07) is 4.15. The number of hydrogen-bond acceptors (Lipinski definition) is 5. The molecule has 0 bridgehead atoms. The van der Waals surface area contributed by atoms with Crippen LogP contribution < -0.4 is 10.5 Å². The zero-order chi connectivity index (χ0) is 16.6. The van der Waals surface area contributed by atoms with Crippen LogP contribution in [-0.2, 0) is 12.8 Å². The Morgan fingerprint density at radius 3 is 2.65 bits per heavy atom. The van der Waals surface area contributed by atoms with E-state index in [0.29, 0.717) is 17.8 Å². The molecule has 23 heavy (non-hydrogen) atoms. The van der Waals surface area contributed by atoms with Crippen LogP contribution in [0.1, 0.15) is 33.9 Å². The van der Waals surface area contributed by atoms with E-state index in [1.807, 2.05) is 19.9 Å². The van der Waals surface area contributed by atoms with Crippen molar-refractivity contribution in [2.75, 3.05) is 18.0 Å². The largest absolute Gasteiger partial charge is 0.356 e. The van der Waals surface area contributed by atoms with E-state index in [2.05, 4.69) is 25.9 Å². The summed E-state index contributed by atoms with van der Waals surface area (Å²) in [5.41, 5.74) is 3.95. The van der Waals surface area contributed by atoms with Crippen molar-refractivity contribution in [2.45, 2.75) is 33.6 Å². The second-order valence-electron chi connectivity index (χ2n) is 5.93. The van der Waals surface area contributed by atoms with Crippen molar-refractivity contribution >= 4 is 5.82 Å². The topological polar surface area (TPSA) is 85.7 Å². The van der Waals surface area contributed by atoms with E-state index in [-0.39, 0.29) is 5.56 Å². The molecule has 3 rings (SSSR count). The first-order valence-corrected chi connectivity index (χ1v) is 7.71. The maximum atomic E-state index is 12.1. The number of aryl methyl sites for hydroxylation is 3. The quantitative estimate of drug-likeness (QED) is 0.864. The lowest BCUT2D eigenvalue weighted by atomic mass is 10.1. The summed E-state index contributed by atoms with van der Waals surface area (Å²) in [6.07, 6.45) is 1.37. The van der Waals surface area contributed by atoms with Crippen LogP contribution in [0.3, 0.4) is 0 Å². The number of aromatic amines is 1. The predicted octanol–water partition coefficient (Wildman–Crippen LogP) is 1.57. The number of anilines is 1. The van der Waals surface area contributed by atoms with Gasteiger partial charge in [0.25, 0.3) is 5.56 Å². The van der Waals surface area contributed by atoms with Gasteiger partial charge in [0.1, 0.15) is 17.7 Å². The normalized spacial score (nSPS) is 14.1. The zero-order valence-electron chi connectivity index (χ0n) is 13.6. The van der Waals surface area contributed by atoms with Crippen molar-refractivity contribution in [2.24, 2.45) is 0 Å². The fraction of sp³-hybridized carbons (Fsp3) is 0.412. The molecule has 0 unspecified atom stereocenters. The minimum Gasteiger partial charge on any atom is -0.356 e. The van der Waals surface area contributed by atoms with E-state index in [4.69, 9.17) is 0 Å². The van der Waals surface area contributed by atoms with Crippen LogP contribution in [0.4, 0.5) is 5.82 Å². The summed E-state index contributed by atoms with van der Waals surface area (Å²) in [5.74, 6) is 1.52. The van der Waals surface area contributed by atoms with Gasteiger partial charge in [-0.15, -0.1) is 0 Å². The average Bonchev–Trinajstić information content (AvgIpc) is 2.69. The summed E-state index contributed by atoms with van der Waals surface area (Å²) in [7, 11) is 0. The molecule has 118 valence electrons. The van der Waals surface area contributed by atoms with Crippen molar-refractivity contribution in [1.82, 2.24) is 15.0 Å². The summed E-state index contributed by atoms with van der Waals surface area (Å²) in [4.78, 5) is 26.1. The van der Waals surface area contributed by atoms with Crippen LogP contribution in [0, 0.1) is 32.1 Å². The first-order valence-electron chi connectivity index (χ1n) is 7.71. The number of pyridine rings is 1. The standard InChI is InChI=1S/C17H19N5O/c1-10-8-16(19-11(2)14(10)9-18)22-6-4-13-15(5-7-22)20-12(3)21-17(13)23/h8H,4-7H2,1-3H3,(H,20,21,23). The van der Waals surface area contributed by atoms with Crippen molar-refractivity contribution in [3.8, 4) is 6.07 Å². The molecule has 0 aliphatic carbocycles. The highest BCUT2D eigenvalue weighted by Gasteiger charge is 2.20. The Kier molecular flexibility index (Phi) is 3.87. The molecule has 6 heteroatoms. The van der Waals surface area contributed by atoms with Gasteiger partial charge in [0, 0.05) is 25.1 Å². The number of nitrogens with one attached hydrogen (secondary N) is 1. The smallest absolute Gasteiger partial charge is 0.254 e. The van der Waals surface area contributed by atoms with Crippen LogP contribution in [0.5, 0.6) is 0 Å². The maximum Gasteiger partial charge on any atom is 0.254 e. The molecule has 0 amide bonds. The maximum absolute atomic E-state index is 12.1. The predicted molar refractivity (Wildman–Crippen MR) is 87.6 cm³/mol. The number of hydrogen-bond donors (Lipinski definition) is 1. The molecule has 1 aliphatic heterocycles. The Balaban J connectivity index is 1.92. The molecule has 0 saturated heterocycles. The lowest BCUT2D eigenvalue weighted by molar-refractivity contribution is 0.783. The van der Waals surface area contributed by atoms with Gasteiger partial charge >= 0.3 is 0 Å². The number of rotatable bonds is 1. The molecule has 2 aromatic rings. The summed E-state index contributed by atoms with van der Waals surface area (Å²) in [6.45, 7) is 7.08. The van der Waals surface area contributed by atoms with Crippen LogP contribution in [0.2, 0.25) is 0 Å². The number of nitrogens with zero attached hydrogens (tertiary/aromatic N) is 4. The molecule has 0 saturated carbocycles. The highest BCUT2D eigenvalue weighted by atomic mass is 16.1. The van der Waals surface area contributed by atoms with Gasteiger partial charge < -0.3 is 9.88 Å². The summed E-state index contributed by atoms with van der Waals surface area (Å²) < 4.78 is 0. The van der Waals surface area contributed by atoms with E-state index in [0.717, 1.165) is 47.8 Å². The van der Waals surface area contributed by atoms with Crippen molar-refractivity contribution in [3.63, 3.8) is 0 Å². The van der Waals surface area contributed by atoms with Gasteiger partial charge in [0.05, 0.1) is 17.0 Å². The second-order valence-corrected chi connectivity index (χ2v) is 5.93. The van der Waals surface area contributed by atoms with Crippen molar-refractivity contribution in [3.05, 3.63) is 50.3 Å². The lowest BCUT2D eigenvalue weighted by Gasteiger charge is -2.22. The molecule has 6 nitrogen and oxygen atoms in total. The van der Waals surface area contributed by atoms with Gasteiger partial charge in [-0.1, -0.05) is 0 Å². The first kappa shape index (κ1) is 15.2. The van der Waals surface area contributed by atoms with Gasteiger partial charge in [-0.3, -0.25) is 4.79 Å². The fourth-order valence-corrected chi connectivity index (χ4v) is 3.10. The van der Waals surface area contributed by atoms with Gasteiger partial charge in [-0.25, -0.2) is 9.97 Å². The molecule has 0 aromatic carbocycles. The highest BCUT2D eigenvalue weighted by molar-refractivity contribution is 5.50. The average molecular weight is 309 g/mol. The Hall–Kier alpha value is -2.68. The third kappa shape index (κ3) is 2.82. The van der Waals surface area contributed by atoms with Gasteiger partial charge in [0.2, 0.25) is 0 Å². The van der Waals surface area contributed by atoms with Gasteiger partial charge in [-0.2, -0.15) is 5.26 Å². The molecule has 0 spiro atoms. The number of aromatic nitrogens is 3. The van der Waals surface area contributed by atoms with E-state index in [1.54, 1.807) is 6.92 Å². The SMILES string of the molecule is Cc1nc2c(c(=O)[nH]1)CCN(c1cc(C)c(C#N)c(C)n1)CC2. The zero-order valence-corrected chi connectivity index (χ0v) is 13.6. The highest BCUT2D eigenvalue weighted by Crippen LogP contribution is 2.21. The van der Waals surface area contributed by atoms with E-state index in [1.165, 1.54) is 0 Å². The molecule has 0 radical (unpaired) electrons. The number of nitriles is 1. The number of H-pyrrole nitrogens is 1. The molecule has 1 N–H and O–H groups in total. The molecule has 3 heterocycles. The molecule has 0 atom stereocenters. The van der Waals surface area contributed by atoms with Crippen molar-refractivity contribution < 1.29 is 0 Å². The van der Waals surface area contributed by atoms with E-state index in [9.17, 15) is 10.1 Å². The minimum atomic E-state index is -0.0329. The Morgan fingerprint density at radius 1 is 1.22 bits per heavy atom. The third-order valence-corrected chi connectivity index (χ3v) is 4.29. The minimum absolute atomic E-state index is 0.0329. The van der Waals surface area contributed by atoms with E-state index < -0.39 is 0 Å². The molecular formula is C17H19N5O. The molecule has 1 aliphatic rings. The van der Waals surface area contributed by atoms with Crippen LogP contribution >= 0.6 is 0 Å². The Morgan fingerprint density at radius 2 is 1.96 bits per heavy atom. The van der Waals surface area contributed by atoms with Gasteiger partial charge in [0.15, 0.2) is 0 Å². The molecular weight excluding hydrogens is 290 g/mol. The molecule has 0 fully saturated rings. The second kappa shape index (κ2) is 5.84. The Labute approximate surface area is 134 Å².